The van der Waals surface area contributed by atoms with Gasteiger partial charge in [0.2, 0.25) is 0 Å². The summed E-state index contributed by atoms with van der Waals surface area (Å²) in [7, 11) is 0. The van der Waals surface area contributed by atoms with Gasteiger partial charge in [-0.3, -0.25) is 9.89 Å². The second-order valence-electron chi connectivity index (χ2n) is 1.87. The van der Waals surface area contributed by atoms with Crippen molar-refractivity contribution in [1.29, 1.82) is 0 Å². The Morgan fingerprint density at radius 3 is 2.50 bits per heavy atom. The highest BCUT2D eigenvalue weighted by Crippen LogP contribution is 1.64. The van der Waals surface area contributed by atoms with E-state index in [9.17, 15) is 4.79 Å². The Balaban J connectivity index is 0.000000127. The zero-order chi connectivity index (χ0) is 8.65. The average Bonchev–Trinajstić information content (AvgIpc) is 2.62. The fraction of sp³-hybridized carbons (Fsp3) is 0. The summed E-state index contributed by atoms with van der Waals surface area (Å²) in [5, 5.41) is 6.21. The van der Waals surface area contributed by atoms with Crippen molar-refractivity contribution in [2.75, 3.05) is 0 Å². The van der Waals surface area contributed by atoms with E-state index in [1.54, 1.807) is 12.4 Å². The summed E-state index contributed by atoms with van der Waals surface area (Å²) < 4.78 is 0. The second kappa shape index (κ2) is 4.84. The highest BCUT2D eigenvalue weighted by atomic mass is 16.1. The third kappa shape index (κ3) is 3.31. The zero-order valence-corrected chi connectivity index (χ0v) is 6.27. The molecule has 0 aliphatic carbocycles. The first-order chi connectivity index (χ1) is 5.89. The van der Waals surface area contributed by atoms with Gasteiger partial charge in [-0.05, 0) is 6.07 Å². The highest BCUT2D eigenvalue weighted by molar-refractivity contribution is 4.76. The lowest BCUT2D eigenvalue weighted by Crippen LogP contribution is -2.00. The van der Waals surface area contributed by atoms with Crippen LogP contribution in [0.5, 0.6) is 0 Å². The van der Waals surface area contributed by atoms with Crippen molar-refractivity contribution in [2.24, 2.45) is 0 Å². The van der Waals surface area contributed by atoms with Crippen LogP contribution in [0.1, 0.15) is 0 Å². The van der Waals surface area contributed by atoms with Crippen LogP contribution in [-0.4, -0.2) is 20.2 Å². The predicted molar refractivity (Wildman–Crippen MR) is 43.4 cm³/mol. The Morgan fingerprint density at radius 1 is 1.33 bits per heavy atom. The van der Waals surface area contributed by atoms with Gasteiger partial charge in [0.05, 0.1) is 6.33 Å². The molecule has 62 valence electrons. The minimum Gasteiger partial charge on any atom is -0.313 e. The Labute approximate surface area is 68.5 Å². The van der Waals surface area contributed by atoms with Crippen LogP contribution in [-0.2, 0) is 0 Å². The van der Waals surface area contributed by atoms with Crippen LogP contribution in [0.3, 0.4) is 0 Å². The van der Waals surface area contributed by atoms with E-state index in [4.69, 9.17) is 0 Å². The summed E-state index contributed by atoms with van der Waals surface area (Å²) in [6, 6.07) is 3.19. The molecule has 2 aromatic rings. The topological polar surface area (TPSA) is 74.4 Å². The molecule has 2 heterocycles. The molecule has 0 bridgehead atoms. The van der Waals surface area contributed by atoms with E-state index in [2.05, 4.69) is 20.2 Å². The fourth-order valence-electron chi connectivity index (χ4n) is 0.518. The van der Waals surface area contributed by atoms with E-state index in [1.165, 1.54) is 18.6 Å². The van der Waals surface area contributed by atoms with Crippen molar-refractivity contribution < 1.29 is 0 Å². The van der Waals surface area contributed by atoms with Gasteiger partial charge >= 0.3 is 0 Å². The van der Waals surface area contributed by atoms with E-state index in [0.29, 0.717) is 0 Å². The van der Waals surface area contributed by atoms with Crippen LogP contribution in [0.15, 0.2) is 41.8 Å². The number of rotatable bonds is 0. The quantitative estimate of drug-likeness (QED) is 0.583. The SMILES string of the molecule is O=c1ccnc[nH]1.c1cn[nH]c1. The van der Waals surface area contributed by atoms with Gasteiger partial charge in [-0.25, -0.2) is 4.98 Å². The standard InChI is InChI=1S/C4H4N2O.C3H4N2/c7-4-1-2-5-3-6-4;1-2-4-5-3-1/h1-3H,(H,5,6,7);1-3H,(H,4,5). The molecule has 2 aromatic heterocycles. The van der Waals surface area contributed by atoms with Crippen LogP contribution in [0.25, 0.3) is 0 Å². The Kier molecular flexibility index (Phi) is 3.30. The van der Waals surface area contributed by atoms with Gasteiger partial charge in [0.25, 0.3) is 5.56 Å². The Hall–Kier alpha value is -1.91. The smallest absolute Gasteiger partial charge is 0.250 e. The molecule has 0 aliphatic heterocycles. The molecule has 2 rings (SSSR count). The van der Waals surface area contributed by atoms with E-state index in [1.807, 2.05) is 6.07 Å². The summed E-state index contributed by atoms with van der Waals surface area (Å²) in [5.74, 6) is 0. The molecule has 0 aromatic carbocycles. The summed E-state index contributed by atoms with van der Waals surface area (Å²) in [6.45, 7) is 0. The lowest BCUT2D eigenvalue weighted by molar-refractivity contribution is 1.09. The first-order valence-electron chi connectivity index (χ1n) is 3.32. The van der Waals surface area contributed by atoms with E-state index >= 15 is 0 Å². The van der Waals surface area contributed by atoms with Crippen molar-refractivity contribution >= 4 is 0 Å². The van der Waals surface area contributed by atoms with E-state index in [-0.39, 0.29) is 5.56 Å². The molecule has 2 N–H and O–H groups in total. The molecule has 0 atom stereocenters. The van der Waals surface area contributed by atoms with E-state index < -0.39 is 0 Å². The van der Waals surface area contributed by atoms with E-state index in [0.717, 1.165) is 0 Å². The van der Waals surface area contributed by atoms with Gasteiger partial charge < -0.3 is 4.98 Å². The molecule has 5 nitrogen and oxygen atoms in total. The van der Waals surface area contributed by atoms with Crippen molar-refractivity contribution in [2.45, 2.75) is 0 Å². The Bertz CT molecular complexity index is 306. The normalized spacial score (nSPS) is 8.33. The summed E-state index contributed by atoms with van der Waals surface area (Å²) >= 11 is 0. The molecule has 0 unspecified atom stereocenters. The molecule has 0 spiro atoms. The maximum absolute atomic E-state index is 10.2. The molecule has 12 heavy (non-hydrogen) atoms. The number of nitrogens with zero attached hydrogens (tertiary/aromatic N) is 2. The molecule has 0 aliphatic rings. The van der Waals surface area contributed by atoms with Gasteiger partial charge in [-0.1, -0.05) is 0 Å². The summed E-state index contributed by atoms with van der Waals surface area (Å²) in [4.78, 5) is 16.1. The van der Waals surface area contributed by atoms with Crippen LogP contribution in [0.4, 0.5) is 0 Å². The second-order valence-corrected chi connectivity index (χ2v) is 1.87. The number of nitrogens with one attached hydrogen (secondary N) is 2. The molecule has 0 saturated carbocycles. The fourth-order valence-corrected chi connectivity index (χ4v) is 0.518. The van der Waals surface area contributed by atoms with Gasteiger partial charge in [0.1, 0.15) is 0 Å². The maximum Gasteiger partial charge on any atom is 0.250 e. The molecular weight excluding hydrogens is 156 g/mol. The largest absolute Gasteiger partial charge is 0.313 e. The number of aromatic nitrogens is 4. The maximum atomic E-state index is 10.2. The van der Waals surface area contributed by atoms with Crippen LogP contribution >= 0.6 is 0 Å². The van der Waals surface area contributed by atoms with Gasteiger partial charge in [0, 0.05) is 24.7 Å². The molecule has 5 heteroatoms. The predicted octanol–water partition coefficient (Wildman–Crippen LogP) is 0.180. The number of H-pyrrole nitrogens is 2. The monoisotopic (exact) mass is 164 g/mol. The molecule has 0 fully saturated rings. The number of aromatic amines is 2. The average molecular weight is 164 g/mol. The van der Waals surface area contributed by atoms with Crippen molar-refractivity contribution in [3.05, 3.63) is 47.4 Å². The van der Waals surface area contributed by atoms with Crippen LogP contribution in [0, 0.1) is 0 Å². The summed E-state index contributed by atoms with van der Waals surface area (Å²) in [5.41, 5.74) is -0.116. The van der Waals surface area contributed by atoms with Gasteiger partial charge in [-0.15, -0.1) is 0 Å². The highest BCUT2D eigenvalue weighted by Gasteiger charge is 1.70. The van der Waals surface area contributed by atoms with Crippen molar-refractivity contribution in [1.82, 2.24) is 20.2 Å². The molecule has 0 saturated heterocycles. The minimum atomic E-state index is -0.116. The first kappa shape index (κ1) is 8.19. The number of hydrogen-bond acceptors (Lipinski definition) is 3. The van der Waals surface area contributed by atoms with Crippen LogP contribution < -0.4 is 5.56 Å². The third-order valence-corrected chi connectivity index (χ3v) is 0.999. The lowest BCUT2D eigenvalue weighted by atomic mass is 10.7. The first-order valence-corrected chi connectivity index (χ1v) is 3.32. The van der Waals surface area contributed by atoms with Crippen LogP contribution in [0.2, 0.25) is 0 Å². The van der Waals surface area contributed by atoms with Gasteiger partial charge in [0.15, 0.2) is 0 Å². The summed E-state index contributed by atoms with van der Waals surface area (Å²) in [6.07, 6.45) is 6.25. The van der Waals surface area contributed by atoms with Crippen molar-refractivity contribution in [3.8, 4) is 0 Å². The molecule has 0 radical (unpaired) electrons. The van der Waals surface area contributed by atoms with Gasteiger partial charge in [-0.2, -0.15) is 5.10 Å². The molecular formula is C7H8N4O. The molecule has 0 amide bonds. The lowest BCUT2D eigenvalue weighted by Gasteiger charge is -1.73. The van der Waals surface area contributed by atoms with Crippen molar-refractivity contribution in [3.63, 3.8) is 0 Å². The third-order valence-electron chi connectivity index (χ3n) is 0.999. The minimum absolute atomic E-state index is 0.116. The zero-order valence-electron chi connectivity index (χ0n) is 6.27. The number of hydrogen-bond donors (Lipinski definition) is 2. The Morgan fingerprint density at radius 2 is 2.25 bits per heavy atom.